The van der Waals surface area contributed by atoms with Crippen molar-refractivity contribution in [2.75, 3.05) is 0 Å². The van der Waals surface area contributed by atoms with Crippen molar-refractivity contribution in [3.8, 4) is 11.5 Å². The maximum atomic E-state index is 10.5. The molecule has 0 aromatic carbocycles. The number of aromatic nitrogens is 1. The van der Waals surface area contributed by atoms with Crippen molar-refractivity contribution < 1.29 is 14.3 Å². The Morgan fingerprint density at radius 2 is 2.39 bits per heavy atom. The molecule has 2 heterocycles. The van der Waals surface area contributed by atoms with E-state index in [0.717, 1.165) is 22.2 Å². The first-order valence-corrected chi connectivity index (χ1v) is 6.41. The summed E-state index contributed by atoms with van der Waals surface area (Å²) in [7, 11) is 0. The average molecular weight is 266 g/mol. The van der Waals surface area contributed by atoms with Crippen LogP contribution in [0.15, 0.2) is 21.9 Å². The quantitative estimate of drug-likeness (QED) is 0.864. The first-order chi connectivity index (χ1) is 8.54. The summed E-state index contributed by atoms with van der Waals surface area (Å²) in [6.07, 6.45) is 0.422. The molecule has 0 aliphatic heterocycles. The van der Waals surface area contributed by atoms with Gasteiger partial charge in [-0.25, -0.2) is 4.98 Å². The molecule has 2 rings (SSSR count). The van der Waals surface area contributed by atoms with E-state index in [2.05, 4.69) is 4.98 Å². The van der Waals surface area contributed by atoms with Crippen molar-refractivity contribution in [3.05, 3.63) is 28.3 Å². The lowest BCUT2D eigenvalue weighted by Crippen LogP contribution is -2.25. The second-order valence-electron chi connectivity index (χ2n) is 4.10. The predicted octanol–water partition coefficient (Wildman–Crippen LogP) is 2.06. The van der Waals surface area contributed by atoms with Crippen LogP contribution in [0.4, 0.5) is 0 Å². The Hall–Kier alpha value is -1.66. The van der Waals surface area contributed by atoms with E-state index in [1.807, 2.05) is 24.4 Å². The Labute approximate surface area is 108 Å². The van der Waals surface area contributed by atoms with Crippen LogP contribution in [0.25, 0.3) is 11.5 Å². The van der Waals surface area contributed by atoms with Crippen molar-refractivity contribution in [2.24, 2.45) is 5.73 Å². The van der Waals surface area contributed by atoms with Crippen LogP contribution in [-0.4, -0.2) is 22.1 Å². The molecule has 1 atom stereocenters. The summed E-state index contributed by atoms with van der Waals surface area (Å²) in [5.74, 6) is 0.671. The van der Waals surface area contributed by atoms with E-state index >= 15 is 0 Å². The SMILES string of the molecule is Cc1ccc(-c2csc(CC(N)CC(=O)O)n2)o1. The van der Waals surface area contributed by atoms with E-state index in [1.165, 1.54) is 11.3 Å². The maximum absolute atomic E-state index is 10.5. The minimum Gasteiger partial charge on any atom is -0.481 e. The molecule has 2 aromatic heterocycles. The Morgan fingerprint density at radius 3 is 3.00 bits per heavy atom. The molecule has 3 N–H and O–H groups in total. The smallest absolute Gasteiger partial charge is 0.304 e. The Kier molecular flexibility index (Phi) is 3.78. The average Bonchev–Trinajstić information content (AvgIpc) is 2.85. The van der Waals surface area contributed by atoms with Gasteiger partial charge in [0.15, 0.2) is 5.76 Å². The number of rotatable bonds is 5. The van der Waals surface area contributed by atoms with Gasteiger partial charge in [0, 0.05) is 17.8 Å². The molecular formula is C12H14N2O3S. The van der Waals surface area contributed by atoms with Crippen molar-refractivity contribution in [1.29, 1.82) is 0 Å². The molecule has 0 saturated carbocycles. The number of carboxylic acids is 1. The summed E-state index contributed by atoms with van der Waals surface area (Å²) in [6, 6.07) is 3.34. The first-order valence-electron chi connectivity index (χ1n) is 5.53. The number of carbonyl (C=O) groups is 1. The van der Waals surface area contributed by atoms with Crippen LogP contribution in [-0.2, 0) is 11.2 Å². The minimum absolute atomic E-state index is 0.0469. The zero-order valence-electron chi connectivity index (χ0n) is 9.92. The largest absolute Gasteiger partial charge is 0.481 e. The molecule has 0 fully saturated rings. The first kappa shape index (κ1) is 12.8. The van der Waals surface area contributed by atoms with E-state index in [0.29, 0.717) is 6.42 Å². The number of hydrogen-bond donors (Lipinski definition) is 2. The summed E-state index contributed by atoms with van der Waals surface area (Å²) in [5.41, 5.74) is 6.49. The van der Waals surface area contributed by atoms with E-state index < -0.39 is 12.0 Å². The van der Waals surface area contributed by atoms with E-state index in [-0.39, 0.29) is 6.42 Å². The lowest BCUT2D eigenvalue weighted by molar-refractivity contribution is -0.137. The molecule has 0 aliphatic rings. The Balaban J connectivity index is 2.04. The summed E-state index contributed by atoms with van der Waals surface area (Å²) >= 11 is 1.47. The van der Waals surface area contributed by atoms with Crippen LogP contribution in [0.5, 0.6) is 0 Å². The van der Waals surface area contributed by atoms with Gasteiger partial charge in [0.1, 0.15) is 11.5 Å². The van der Waals surface area contributed by atoms with Gasteiger partial charge in [0.05, 0.1) is 11.4 Å². The molecule has 5 nitrogen and oxygen atoms in total. The molecule has 0 saturated heterocycles. The summed E-state index contributed by atoms with van der Waals surface area (Å²) in [5, 5.41) is 11.4. The van der Waals surface area contributed by atoms with Crippen LogP contribution in [0.2, 0.25) is 0 Å². The zero-order chi connectivity index (χ0) is 13.1. The topological polar surface area (TPSA) is 89.4 Å². The number of nitrogens with zero attached hydrogens (tertiary/aromatic N) is 1. The van der Waals surface area contributed by atoms with Crippen LogP contribution >= 0.6 is 11.3 Å². The van der Waals surface area contributed by atoms with Gasteiger partial charge in [-0.1, -0.05) is 0 Å². The van der Waals surface area contributed by atoms with Gasteiger partial charge >= 0.3 is 5.97 Å². The van der Waals surface area contributed by atoms with Gasteiger partial charge in [-0.2, -0.15) is 0 Å². The molecule has 2 aromatic rings. The van der Waals surface area contributed by atoms with Gasteiger partial charge < -0.3 is 15.3 Å². The molecule has 0 spiro atoms. The number of hydrogen-bond acceptors (Lipinski definition) is 5. The van der Waals surface area contributed by atoms with Gasteiger partial charge in [-0.05, 0) is 19.1 Å². The predicted molar refractivity (Wildman–Crippen MR) is 68.5 cm³/mol. The van der Waals surface area contributed by atoms with Gasteiger partial charge in [-0.15, -0.1) is 11.3 Å². The highest BCUT2D eigenvalue weighted by Crippen LogP contribution is 2.24. The minimum atomic E-state index is -0.888. The molecule has 0 aliphatic carbocycles. The molecule has 96 valence electrons. The van der Waals surface area contributed by atoms with Gasteiger partial charge in [-0.3, -0.25) is 4.79 Å². The fourth-order valence-corrected chi connectivity index (χ4v) is 2.49. The van der Waals surface area contributed by atoms with Gasteiger partial charge in [0.25, 0.3) is 0 Å². The number of aryl methyl sites for hydroxylation is 1. The fraction of sp³-hybridized carbons (Fsp3) is 0.333. The second-order valence-corrected chi connectivity index (χ2v) is 5.04. The lowest BCUT2D eigenvalue weighted by Gasteiger charge is -2.05. The van der Waals surface area contributed by atoms with E-state index in [4.69, 9.17) is 15.3 Å². The van der Waals surface area contributed by atoms with Crippen LogP contribution < -0.4 is 5.73 Å². The molecular weight excluding hydrogens is 252 g/mol. The number of thiazole rings is 1. The molecule has 0 radical (unpaired) electrons. The third-order valence-electron chi connectivity index (χ3n) is 2.42. The van der Waals surface area contributed by atoms with Crippen LogP contribution in [0.3, 0.4) is 0 Å². The third kappa shape index (κ3) is 3.18. The van der Waals surface area contributed by atoms with Crippen molar-refractivity contribution >= 4 is 17.3 Å². The maximum Gasteiger partial charge on any atom is 0.304 e. The van der Waals surface area contributed by atoms with Crippen LogP contribution in [0.1, 0.15) is 17.2 Å². The molecule has 0 bridgehead atoms. The molecule has 0 amide bonds. The summed E-state index contributed by atoms with van der Waals surface area (Å²) in [6.45, 7) is 1.87. The van der Waals surface area contributed by atoms with Crippen molar-refractivity contribution in [2.45, 2.75) is 25.8 Å². The number of furan rings is 1. The summed E-state index contributed by atoms with van der Waals surface area (Å²) in [4.78, 5) is 14.9. The van der Waals surface area contributed by atoms with Crippen molar-refractivity contribution in [1.82, 2.24) is 4.98 Å². The van der Waals surface area contributed by atoms with E-state index in [1.54, 1.807) is 0 Å². The monoisotopic (exact) mass is 266 g/mol. The standard InChI is InChI=1S/C12H14N2O3S/c1-7-2-3-10(17-7)9-6-18-11(14-9)4-8(13)5-12(15)16/h2-3,6,8H,4-5,13H2,1H3,(H,15,16). The van der Waals surface area contributed by atoms with Crippen LogP contribution in [0, 0.1) is 6.92 Å². The number of carboxylic acid groups (broad SMARTS) is 1. The molecule has 18 heavy (non-hydrogen) atoms. The van der Waals surface area contributed by atoms with Crippen molar-refractivity contribution in [3.63, 3.8) is 0 Å². The van der Waals surface area contributed by atoms with E-state index in [9.17, 15) is 4.79 Å². The Morgan fingerprint density at radius 1 is 1.61 bits per heavy atom. The molecule has 1 unspecified atom stereocenters. The Bertz CT molecular complexity index is 547. The second kappa shape index (κ2) is 5.32. The lowest BCUT2D eigenvalue weighted by atomic mass is 10.1. The molecule has 6 heteroatoms. The fourth-order valence-electron chi connectivity index (χ4n) is 1.61. The number of aliphatic carboxylic acids is 1. The highest BCUT2D eigenvalue weighted by Gasteiger charge is 2.13. The zero-order valence-corrected chi connectivity index (χ0v) is 10.7. The highest BCUT2D eigenvalue weighted by atomic mass is 32.1. The van der Waals surface area contributed by atoms with Gasteiger partial charge in [0.2, 0.25) is 0 Å². The number of nitrogens with two attached hydrogens (primary N) is 1. The normalized spacial score (nSPS) is 12.6. The summed E-state index contributed by atoms with van der Waals surface area (Å²) < 4.78 is 5.47. The highest BCUT2D eigenvalue weighted by molar-refractivity contribution is 7.09. The third-order valence-corrected chi connectivity index (χ3v) is 3.29.